The van der Waals surface area contributed by atoms with Gasteiger partial charge in [0.1, 0.15) is 6.54 Å². The quantitative estimate of drug-likeness (QED) is 0.748. The normalized spacial score (nSPS) is 14.6. The van der Waals surface area contributed by atoms with Gasteiger partial charge in [-0.15, -0.1) is 0 Å². The highest BCUT2D eigenvalue weighted by Gasteiger charge is 2.30. The van der Waals surface area contributed by atoms with E-state index < -0.39 is 0 Å². The molecule has 1 N–H and O–H groups in total. The lowest BCUT2D eigenvalue weighted by Crippen LogP contribution is -3.00. The average molecular weight is 400 g/mol. The maximum Gasteiger partial charge on any atom is 0.255 e. The van der Waals surface area contributed by atoms with E-state index in [1.54, 1.807) is 24.3 Å². The molecule has 1 heterocycles. The van der Waals surface area contributed by atoms with Crippen LogP contribution in [-0.4, -0.2) is 43.7 Å². The van der Waals surface area contributed by atoms with Crippen molar-refractivity contribution in [3.05, 3.63) is 65.2 Å². The van der Waals surface area contributed by atoms with Crippen LogP contribution < -0.4 is 17.7 Å². The first-order valence-corrected chi connectivity index (χ1v) is 9.29. The van der Waals surface area contributed by atoms with E-state index in [4.69, 9.17) is 10.00 Å². The molecular weight excluding hydrogens is 374 g/mol. The maximum absolute atomic E-state index is 12.4. The lowest BCUT2D eigenvalue weighted by Gasteiger charge is -2.40. The summed E-state index contributed by atoms with van der Waals surface area (Å²) in [6, 6.07) is 17.4. The fourth-order valence-electron chi connectivity index (χ4n) is 3.61. The lowest BCUT2D eigenvalue weighted by atomic mass is 10.0. The lowest BCUT2D eigenvalue weighted by molar-refractivity contribution is -0.929. The Balaban J connectivity index is 0.00000280. The number of nitrogens with zero attached hydrogens (tertiary/aromatic N) is 2. The number of rotatable bonds is 5. The third-order valence-corrected chi connectivity index (χ3v) is 5.24. The molecule has 1 fully saturated rings. The zero-order valence-electron chi connectivity index (χ0n) is 16.3. The Morgan fingerprint density at radius 3 is 2.50 bits per heavy atom. The maximum atomic E-state index is 12.4. The highest BCUT2D eigenvalue weighted by atomic mass is 35.5. The van der Waals surface area contributed by atoms with Crippen LogP contribution in [0.4, 0.5) is 5.69 Å². The standard InChI is InChI=1S/C22H25N3O2.ClH/c1-25(2,21-10-12-27-13-11-21)16-17-6-8-20(9-7-17)24-22(26)19-5-3-4-18(14-19)15-23;/h3-9,14,21H,10-13,16H2,1-2H3;1H. The molecule has 5 nitrogen and oxygen atoms in total. The van der Waals surface area contributed by atoms with Gasteiger partial charge in [0.15, 0.2) is 0 Å². The van der Waals surface area contributed by atoms with E-state index in [0.717, 1.165) is 42.8 Å². The third-order valence-electron chi connectivity index (χ3n) is 5.24. The fraction of sp³-hybridized carbons (Fsp3) is 0.364. The Hall–Kier alpha value is -2.39. The first-order chi connectivity index (χ1) is 13.0. The van der Waals surface area contributed by atoms with Gasteiger partial charge in [0.25, 0.3) is 5.91 Å². The second kappa shape index (κ2) is 9.70. The van der Waals surface area contributed by atoms with Gasteiger partial charge in [-0.3, -0.25) is 4.79 Å². The molecule has 0 aliphatic carbocycles. The minimum Gasteiger partial charge on any atom is -1.00 e. The third kappa shape index (κ3) is 5.56. The Morgan fingerprint density at radius 2 is 1.86 bits per heavy atom. The number of nitriles is 1. The summed E-state index contributed by atoms with van der Waals surface area (Å²) in [6.07, 6.45) is 2.20. The van der Waals surface area contributed by atoms with Crippen molar-refractivity contribution in [2.45, 2.75) is 25.4 Å². The number of quaternary nitrogens is 1. The van der Waals surface area contributed by atoms with Crippen LogP contribution in [0, 0.1) is 11.3 Å². The number of carbonyl (C=O) groups excluding carboxylic acids is 1. The monoisotopic (exact) mass is 399 g/mol. The van der Waals surface area contributed by atoms with Crippen molar-refractivity contribution in [2.75, 3.05) is 32.6 Å². The SMILES string of the molecule is C[N+](C)(Cc1ccc(NC(=O)c2cccc(C#N)c2)cc1)C1CCOCC1.[Cl-]. The molecule has 0 saturated carbocycles. The van der Waals surface area contributed by atoms with Gasteiger partial charge in [-0.25, -0.2) is 0 Å². The average Bonchev–Trinajstić information content (AvgIpc) is 2.70. The topological polar surface area (TPSA) is 62.1 Å². The molecule has 2 aromatic carbocycles. The molecule has 0 aromatic heterocycles. The number of hydrogen-bond donors (Lipinski definition) is 1. The molecule has 28 heavy (non-hydrogen) atoms. The Kier molecular flexibility index (Phi) is 7.59. The van der Waals surface area contributed by atoms with Gasteiger partial charge >= 0.3 is 0 Å². The van der Waals surface area contributed by atoms with Gasteiger partial charge in [-0.2, -0.15) is 5.26 Å². The summed E-state index contributed by atoms with van der Waals surface area (Å²) in [7, 11) is 4.54. The number of hydrogen-bond acceptors (Lipinski definition) is 3. The molecule has 1 aliphatic heterocycles. The summed E-state index contributed by atoms with van der Waals surface area (Å²) in [4.78, 5) is 12.4. The number of nitrogens with one attached hydrogen (secondary N) is 1. The molecule has 1 saturated heterocycles. The van der Waals surface area contributed by atoms with Crippen LogP contribution >= 0.6 is 0 Å². The molecule has 0 unspecified atom stereocenters. The van der Waals surface area contributed by atoms with Crippen LogP contribution in [0.15, 0.2) is 48.5 Å². The van der Waals surface area contributed by atoms with E-state index in [1.807, 2.05) is 12.1 Å². The molecule has 0 spiro atoms. The molecule has 0 atom stereocenters. The Bertz CT molecular complexity index is 838. The Labute approximate surface area is 172 Å². The molecular formula is C22H26ClN3O2. The number of benzene rings is 2. The zero-order chi connectivity index (χ0) is 19.3. The van der Waals surface area contributed by atoms with Crippen molar-refractivity contribution >= 4 is 11.6 Å². The molecule has 1 aliphatic rings. The van der Waals surface area contributed by atoms with Gasteiger partial charge in [0, 0.05) is 29.7 Å². The summed E-state index contributed by atoms with van der Waals surface area (Å²) in [6.45, 7) is 2.65. The van der Waals surface area contributed by atoms with E-state index in [9.17, 15) is 4.79 Å². The van der Waals surface area contributed by atoms with Crippen molar-refractivity contribution in [1.82, 2.24) is 0 Å². The van der Waals surface area contributed by atoms with E-state index in [2.05, 4.69) is 37.6 Å². The minimum absolute atomic E-state index is 0. The summed E-state index contributed by atoms with van der Waals surface area (Å²) in [5, 5.41) is 11.9. The molecule has 148 valence electrons. The number of halogens is 1. The van der Waals surface area contributed by atoms with Crippen molar-refractivity contribution in [2.24, 2.45) is 0 Å². The Morgan fingerprint density at radius 1 is 1.18 bits per heavy atom. The van der Waals surface area contributed by atoms with Crippen LogP contribution in [0.3, 0.4) is 0 Å². The predicted molar refractivity (Wildman–Crippen MR) is 105 cm³/mol. The second-order valence-corrected chi connectivity index (χ2v) is 7.62. The van der Waals surface area contributed by atoms with E-state index in [0.29, 0.717) is 17.2 Å². The summed E-state index contributed by atoms with van der Waals surface area (Å²) in [5.41, 5.74) is 2.96. The van der Waals surface area contributed by atoms with Crippen LogP contribution in [0.25, 0.3) is 0 Å². The van der Waals surface area contributed by atoms with Crippen molar-refractivity contribution < 1.29 is 26.4 Å². The predicted octanol–water partition coefficient (Wildman–Crippen LogP) is 0.570. The smallest absolute Gasteiger partial charge is 0.255 e. The number of amides is 1. The molecule has 3 rings (SSSR count). The van der Waals surface area contributed by atoms with Gasteiger partial charge in [0.05, 0.1) is 45.0 Å². The first-order valence-electron chi connectivity index (χ1n) is 9.29. The van der Waals surface area contributed by atoms with Crippen LogP contribution in [0.2, 0.25) is 0 Å². The van der Waals surface area contributed by atoms with E-state index >= 15 is 0 Å². The van der Waals surface area contributed by atoms with Gasteiger partial charge < -0.3 is 26.9 Å². The van der Waals surface area contributed by atoms with Gasteiger partial charge in [-0.05, 0) is 30.3 Å². The van der Waals surface area contributed by atoms with E-state index in [-0.39, 0.29) is 18.3 Å². The number of ether oxygens (including phenoxy) is 1. The van der Waals surface area contributed by atoms with Crippen molar-refractivity contribution in [1.29, 1.82) is 5.26 Å². The second-order valence-electron chi connectivity index (χ2n) is 7.62. The zero-order valence-corrected chi connectivity index (χ0v) is 17.1. The minimum atomic E-state index is -0.210. The number of anilines is 1. The van der Waals surface area contributed by atoms with E-state index in [1.165, 1.54) is 5.56 Å². The van der Waals surface area contributed by atoms with Crippen molar-refractivity contribution in [3.63, 3.8) is 0 Å². The molecule has 6 heteroatoms. The molecule has 2 aromatic rings. The highest BCUT2D eigenvalue weighted by molar-refractivity contribution is 6.04. The fourth-order valence-corrected chi connectivity index (χ4v) is 3.61. The molecule has 1 amide bonds. The summed E-state index contributed by atoms with van der Waals surface area (Å²) in [5.74, 6) is -0.210. The number of carbonyl (C=O) groups is 1. The van der Waals surface area contributed by atoms with Crippen LogP contribution in [0.1, 0.15) is 34.3 Å². The summed E-state index contributed by atoms with van der Waals surface area (Å²) < 4.78 is 6.42. The molecule has 0 radical (unpaired) electrons. The van der Waals surface area contributed by atoms with Gasteiger partial charge in [-0.1, -0.05) is 18.2 Å². The van der Waals surface area contributed by atoms with Crippen LogP contribution in [-0.2, 0) is 11.3 Å². The first kappa shape index (κ1) is 21.9. The van der Waals surface area contributed by atoms with Gasteiger partial charge in [0.2, 0.25) is 0 Å². The largest absolute Gasteiger partial charge is 1.00 e. The van der Waals surface area contributed by atoms with Crippen molar-refractivity contribution in [3.8, 4) is 6.07 Å². The summed E-state index contributed by atoms with van der Waals surface area (Å²) >= 11 is 0. The highest BCUT2D eigenvalue weighted by Crippen LogP contribution is 2.23. The van der Waals surface area contributed by atoms with Crippen LogP contribution in [0.5, 0.6) is 0 Å². The molecule has 0 bridgehead atoms.